The molecule has 0 aliphatic heterocycles. The van der Waals surface area contributed by atoms with Gasteiger partial charge in [0.05, 0.1) is 12.5 Å². The zero-order valence-corrected chi connectivity index (χ0v) is 11.6. The van der Waals surface area contributed by atoms with Crippen molar-refractivity contribution in [2.24, 2.45) is 11.5 Å². The van der Waals surface area contributed by atoms with E-state index in [1.807, 2.05) is 5.32 Å². The quantitative estimate of drug-likeness (QED) is 0.241. The summed E-state index contributed by atoms with van der Waals surface area (Å²) in [5.74, 6) is -5.07. The fourth-order valence-electron chi connectivity index (χ4n) is 1.41. The first-order chi connectivity index (χ1) is 10.1. The highest BCUT2D eigenvalue weighted by Gasteiger charge is 2.25. The van der Waals surface area contributed by atoms with Gasteiger partial charge in [-0.05, 0) is 6.42 Å². The van der Waals surface area contributed by atoms with E-state index in [1.54, 1.807) is 0 Å². The number of amides is 3. The molecule has 0 fully saturated rings. The molecule has 0 aromatic rings. The summed E-state index contributed by atoms with van der Waals surface area (Å²) in [5, 5.41) is 21.2. The molecule has 0 aromatic heterocycles. The third kappa shape index (κ3) is 8.47. The van der Waals surface area contributed by atoms with Crippen LogP contribution in [0.4, 0.5) is 0 Å². The Kier molecular flexibility index (Phi) is 8.15. The van der Waals surface area contributed by atoms with Gasteiger partial charge in [0.15, 0.2) is 0 Å². The molecule has 0 rings (SSSR count). The van der Waals surface area contributed by atoms with E-state index in [0.717, 1.165) is 0 Å². The van der Waals surface area contributed by atoms with Crippen LogP contribution < -0.4 is 22.1 Å². The molecule has 2 atom stereocenters. The molecule has 0 heterocycles. The van der Waals surface area contributed by atoms with E-state index < -0.39 is 61.1 Å². The summed E-state index contributed by atoms with van der Waals surface area (Å²) < 4.78 is 0. The number of aliphatic carboxylic acids is 2. The minimum Gasteiger partial charge on any atom is -0.481 e. The first-order valence-corrected chi connectivity index (χ1v) is 6.19. The van der Waals surface area contributed by atoms with Crippen LogP contribution in [-0.4, -0.2) is 58.5 Å². The van der Waals surface area contributed by atoms with Crippen molar-refractivity contribution in [2.75, 3.05) is 6.54 Å². The van der Waals surface area contributed by atoms with Crippen molar-refractivity contribution in [2.45, 2.75) is 31.3 Å². The molecule has 0 aliphatic rings. The molecule has 124 valence electrons. The molecule has 11 heteroatoms. The van der Waals surface area contributed by atoms with E-state index in [9.17, 15) is 24.0 Å². The predicted molar refractivity (Wildman–Crippen MR) is 71.2 cm³/mol. The lowest BCUT2D eigenvalue weighted by molar-refractivity contribution is -0.140. The van der Waals surface area contributed by atoms with Gasteiger partial charge in [0.2, 0.25) is 17.7 Å². The van der Waals surface area contributed by atoms with Crippen LogP contribution in [0.5, 0.6) is 0 Å². The smallest absolute Gasteiger partial charge is 0.322 e. The van der Waals surface area contributed by atoms with Crippen molar-refractivity contribution < 1.29 is 34.2 Å². The van der Waals surface area contributed by atoms with Gasteiger partial charge in [-0.2, -0.15) is 0 Å². The van der Waals surface area contributed by atoms with Crippen molar-refractivity contribution in [3.63, 3.8) is 0 Å². The third-order valence-corrected chi connectivity index (χ3v) is 2.45. The maximum absolute atomic E-state index is 11.7. The van der Waals surface area contributed by atoms with Gasteiger partial charge in [0.1, 0.15) is 12.6 Å². The van der Waals surface area contributed by atoms with Crippen LogP contribution in [0.25, 0.3) is 0 Å². The lowest BCUT2D eigenvalue weighted by atomic mass is 10.1. The second kappa shape index (κ2) is 9.28. The number of nitrogens with two attached hydrogens (primary N) is 2. The molecule has 8 N–H and O–H groups in total. The normalized spacial score (nSPS) is 12.8. The number of primary amides is 1. The van der Waals surface area contributed by atoms with E-state index in [-0.39, 0.29) is 6.42 Å². The highest BCUT2D eigenvalue weighted by atomic mass is 16.4. The average Bonchev–Trinajstić information content (AvgIpc) is 2.39. The van der Waals surface area contributed by atoms with Crippen LogP contribution in [-0.2, 0) is 24.0 Å². The number of hydrogen-bond donors (Lipinski definition) is 6. The molecule has 0 saturated heterocycles. The Bertz CT molecular complexity index is 465. The summed E-state index contributed by atoms with van der Waals surface area (Å²) in [6.45, 7) is -0.689. The molecule has 11 nitrogen and oxygen atoms in total. The largest absolute Gasteiger partial charge is 0.481 e. The molecule has 22 heavy (non-hydrogen) atoms. The molecule has 0 radical (unpaired) electrons. The standard InChI is InChI=1S/C11H18N4O7/c12-5(3-7(13)16)10(21)15-6(1-2-8(17)18)11(22)14-4-9(19)20/h5-6H,1-4,12H2,(H2,13,16)(H,14,22)(H,15,21)(H,17,18)(H,19,20). The highest BCUT2D eigenvalue weighted by Crippen LogP contribution is 2.00. The fraction of sp³-hybridized carbons (Fsp3) is 0.545. The first-order valence-electron chi connectivity index (χ1n) is 6.19. The van der Waals surface area contributed by atoms with E-state index in [4.69, 9.17) is 21.7 Å². The van der Waals surface area contributed by atoms with Crippen molar-refractivity contribution in [3.05, 3.63) is 0 Å². The van der Waals surface area contributed by atoms with Gasteiger partial charge in [-0.25, -0.2) is 0 Å². The Morgan fingerprint density at radius 1 is 1.00 bits per heavy atom. The first kappa shape index (κ1) is 19.3. The second-order valence-electron chi connectivity index (χ2n) is 4.38. The van der Waals surface area contributed by atoms with Crippen molar-refractivity contribution in [1.29, 1.82) is 0 Å². The summed E-state index contributed by atoms with van der Waals surface area (Å²) in [6, 6.07) is -2.58. The van der Waals surface area contributed by atoms with Crippen LogP contribution in [0.3, 0.4) is 0 Å². The summed E-state index contributed by atoms with van der Waals surface area (Å²) >= 11 is 0. The summed E-state index contributed by atoms with van der Waals surface area (Å²) in [7, 11) is 0. The maximum Gasteiger partial charge on any atom is 0.322 e. The van der Waals surface area contributed by atoms with Crippen molar-refractivity contribution in [1.82, 2.24) is 10.6 Å². The van der Waals surface area contributed by atoms with E-state index in [2.05, 4.69) is 5.32 Å². The van der Waals surface area contributed by atoms with Gasteiger partial charge in [-0.1, -0.05) is 0 Å². The molecule has 0 aromatic carbocycles. The van der Waals surface area contributed by atoms with Crippen LogP contribution in [0.15, 0.2) is 0 Å². The van der Waals surface area contributed by atoms with Crippen LogP contribution in [0.2, 0.25) is 0 Å². The SMILES string of the molecule is NC(=O)CC(N)C(=O)NC(CCC(=O)O)C(=O)NCC(=O)O. The Morgan fingerprint density at radius 2 is 1.59 bits per heavy atom. The zero-order valence-electron chi connectivity index (χ0n) is 11.6. The van der Waals surface area contributed by atoms with Crippen LogP contribution in [0, 0.1) is 0 Å². The van der Waals surface area contributed by atoms with E-state index in [0.29, 0.717) is 0 Å². The molecule has 3 amide bonds. The topological polar surface area (TPSA) is 202 Å². The zero-order chi connectivity index (χ0) is 17.3. The molecule has 2 unspecified atom stereocenters. The van der Waals surface area contributed by atoms with Crippen LogP contribution >= 0.6 is 0 Å². The Balaban J connectivity index is 4.73. The summed E-state index contributed by atoms with van der Waals surface area (Å²) in [4.78, 5) is 55.0. The minimum atomic E-state index is -1.30. The van der Waals surface area contributed by atoms with Gasteiger partial charge in [-0.3, -0.25) is 24.0 Å². The van der Waals surface area contributed by atoms with Crippen molar-refractivity contribution >= 4 is 29.7 Å². The molecule has 0 bridgehead atoms. The van der Waals surface area contributed by atoms with Gasteiger partial charge in [0, 0.05) is 6.42 Å². The molecular formula is C11H18N4O7. The highest BCUT2D eigenvalue weighted by molar-refractivity contribution is 5.93. The number of carboxylic acids is 2. The summed E-state index contributed by atoms with van der Waals surface area (Å²) in [5.41, 5.74) is 10.3. The van der Waals surface area contributed by atoms with E-state index in [1.165, 1.54) is 0 Å². The maximum atomic E-state index is 11.7. The molecular weight excluding hydrogens is 300 g/mol. The molecule has 0 spiro atoms. The average molecular weight is 318 g/mol. The number of nitrogens with one attached hydrogen (secondary N) is 2. The van der Waals surface area contributed by atoms with Crippen LogP contribution in [0.1, 0.15) is 19.3 Å². The Labute approximate surface area is 125 Å². The van der Waals surface area contributed by atoms with Gasteiger partial charge in [0.25, 0.3) is 0 Å². The number of carbonyl (C=O) groups is 5. The van der Waals surface area contributed by atoms with Gasteiger partial charge >= 0.3 is 11.9 Å². The van der Waals surface area contributed by atoms with E-state index >= 15 is 0 Å². The molecule has 0 aliphatic carbocycles. The van der Waals surface area contributed by atoms with Crippen molar-refractivity contribution in [3.8, 4) is 0 Å². The summed E-state index contributed by atoms with van der Waals surface area (Å²) in [6.07, 6.45) is -1.15. The lowest BCUT2D eigenvalue weighted by Gasteiger charge is -2.19. The Morgan fingerprint density at radius 3 is 2.05 bits per heavy atom. The molecule has 0 saturated carbocycles. The number of rotatable bonds is 10. The van der Waals surface area contributed by atoms with Gasteiger partial charge in [-0.15, -0.1) is 0 Å². The lowest BCUT2D eigenvalue weighted by Crippen LogP contribution is -2.53. The second-order valence-corrected chi connectivity index (χ2v) is 4.38. The number of carboxylic acid groups (broad SMARTS) is 2. The fourth-order valence-corrected chi connectivity index (χ4v) is 1.41. The minimum absolute atomic E-state index is 0.268. The number of carbonyl (C=O) groups excluding carboxylic acids is 3. The van der Waals surface area contributed by atoms with Gasteiger partial charge < -0.3 is 32.3 Å². The Hall–Kier alpha value is -2.69. The monoisotopic (exact) mass is 318 g/mol. The number of hydrogen-bond acceptors (Lipinski definition) is 6. The third-order valence-electron chi connectivity index (χ3n) is 2.45. The predicted octanol–water partition coefficient (Wildman–Crippen LogP) is -3.26.